The van der Waals surface area contributed by atoms with Crippen LogP contribution in [0.25, 0.3) is 21.9 Å². The summed E-state index contributed by atoms with van der Waals surface area (Å²) in [6.45, 7) is 5.50. The predicted molar refractivity (Wildman–Crippen MR) is 114 cm³/mol. The Morgan fingerprint density at radius 2 is 1.81 bits per heavy atom. The zero-order chi connectivity index (χ0) is 22.3. The van der Waals surface area contributed by atoms with Gasteiger partial charge >= 0.3 is 5.63 Å². The van der Waals surface area contributed by atoms with E-state index in [0.29, 0.717) is 16.7 Å². The fourth-order valence-electron chi connectivity index (χ4n) is 4.44. The minimum atomic E-state index is -1.34. The summed E-state index contributed by atoms with van der Waals surface area (Å²) in [5.74, 6) is -0.823. The highest BCUT2D eigenvalue weighted by Crippen LogP contribution is 2.35. The molecule has 164 valence electrons. The van der Waals surface area contributed by atoms with Gasteiger partial charge in [-0.3, -0.25) is 4.79 Å². The largest absolute Gasteiger partial charge is 0.548 e. The van der Waals surface area contributed by atoms with Crippen LogP contribution in [-0.4, -0.2) is 17.9 Å². The molecule has 0 aliphatic heterocycles. The molecule has 0 saturated carbocycles. The molecule has 7 heteroatoms. The van der Waals surface area contributed by atoms with Gasteiger partial charge in [-0.2, -0.15) is 0 Å². The minimum Gasteiger partial charge on any atom is -0.548 e. The number of carboxylic acid groups (broad SMARTS) is 1. The average molecular weight is 424 g/mol. The van der Waals surface area contributed by atoms with Crippen LogP contribution in [0, 0.1) is 12.8 Å². The number of furan rings is 1. The van der Waals surface area contributed by atoms with E-state index in [0.717, 1.165) is 42.2 Å². The van der Waals surface area contributed by atoms with Gasteiger partial charge in [0.1, 0.15) is 16.9 Å². The Hall–Kier alpha value is -3.09. The van der Waals surface area contributed by atoms with Crippen LogP contribution in [0.4, 0.5) is 0 Å². The van der Waals surface area contributed by atoms with Crippen molar-refractivity contribution in [2.24, 2.45) is 5.92 Å². The maximum absolute atomic E-state index is 12.6. The van der Waals surface area contributed by atoms with Crippen LogP contribution < -0.4 is 16.0 Å². The summed E-state index contributed by atoms with van der Waals surface area (Å²) in [6, 6.07) is 2.62. The summed E-state index contributed by atoms with van der Waals surface area (Å²) < 4.78 is 11.5. The van der Waals surface area contributed by atoms with Crippen LogP contribution in [0.5, 0.6) is 0 Å². The first-order valence-corrected chi connectivity index (χ1v) is 10.8. The number of amides is 1. The molecule has 0 bridgehead atoms. The standard InChI is InChI=1S/C24H27NO6/c1-12(2)8-18(23(27)28)25-22(26)10-16-13(3)15-9-17-14-6-4-5-7-19(14)30-21(17)11-20(15)31-24(16)29/h9,11-12,18H,4-8,10H2,1-3H3,(H,25,26)(H,27,28)/p-1/t18-/m0/s1. The van der Waals surface area contributed by atoms with E-state index < -0.39 is 23.5 Å². The Morgan fingerprint density at radius 3 is 2.52 bits per heavy atom. The fraction of sp³-hybridized carbons (Fsp3) is 0.458. The first-order valence-electron chi connectivity index (χ1n) is 10.8. The molecule has 1 aliphatic carbocycles. The Labute approximate surface area is 179 Å². The number of aliphatic carboxylic acids is 1. The van der Waals surface area contributed by atoms with Crippen LogP contribution in [0.1, 0.15) is 55.6 Å². The predicted octanol–water partition coefficient (Wildman–Crippen LogP) is 2.55. The number of hydrogen-bond donors (Lipinski definition) is 1. The van der Waals surface area contributed by atoms with Crippen molar-refractivity contribution >= 4 is 33.8 Å². The number of carbonyl (C=O) groups is 2. The molecule has 2 aromatic heterocycles. The van der Waals surface area contributed by atoms with Gasteiger partial charge < -0.3 is 24.1 Å². The van der Waals surface area contributed by atoms with E-state index in [9.17, 15) is 19.5 Å². The minimum absolute atomic E-state index is 0.0685. The molecule has 1 atom stereocenters. The summed E-state index contributed by atoms with van der Waals surface area (Å²) in [5.41, 5.74) is 2.60. The topological polar surface area (TPSA) is 113 Å². The molecule has 2 heterocycles. The maximum atomic E-state index is 12.6. The molecule has 31 heavy (non-hydrogen) atoms. The van der Waals surface area contributed by atoms with E-state index in [-0.39, 0.29) is 24.3 Å². The highest BCUT2D eigenvalue weighted by atomic mass is 16.4. The fourth-order valence-corrected chi connectivity index (χ4v) is 4.44. The van der Waals surface area contributed by atoms with Gasteiger partial charge in [-0.05, 0) is 50.2 Å². The lowest BCUT2D eigenvalue weighted by molar-refractivity contribution is -0.308. The number of hydrogen-bond acceptors (Lipinski definition) is 6. The SMILES string of the molecule is Cc1c(CC(=O)N[C@@H](CC(C)C)C(=O)[O-])c(=O)oc2cc3oc4c(c3cc12)CCCC4. The third-order valence-electron chi connectivity index (χ3n) is 6.03. The summed E-state index contributed by atoms with van der Waals surface area (Å²) >= 11 is 0. The number of rotatable bonds is 6. The molecule has 1 aromatic carbocycles. The summed E-state index contributed by atoms with van der Waals surface area (Å²) in [7, 11) is 0. The van der Waals surface area contributed by atoms with Crippen LogP contribution in [0.2, 0.25) is 0 Å². The number of aryl methyl sites for hydroxylation is 3. The number of carbonyl (C=O) groups excluding carboxylic acids is 2. The van der Waals surface area contributed by atoms with Crippen molar-refractivity contribution in [3.63, 3.8) is 0 Å². The summed E-state index contributed by atoms with van der Waals surface area (Å²) in [6.07, 6.45) is 4.08. The van der Waals surface area contributed by atoms with Gasteiger partial charge in [0, 0.05) is 28.8 Å². The highest BCUT2D eigenvalue weighted by molar-refractivity contribution is 5.97. The molecule has 3 aromatic rings. The van der Waals surface area contributed by atoms with Gasteiger partial charge in [-0.25, -0.2) is 4.79 Å². The van der Waals surface area contributed by atoms with Gasteiger partial charge in [-0.1, -0.05) is 13.8 Å². The van der Waals surface area contributed by atoms with E-state index >= 15 is 0 Å². The quantitative estimate of drug-likeness (QED) is 0.609. The maximum Gasteiger partial charge on any atom is 0.340 e. The van der Waals surface area contributed by atoms with Crippen molar-refractivity contribution in [1.82, 2.24) is 5.32 Å². The zero-order valence-corrected chi connectivity index (χ0v) is 18.0. The van der Waals surface area contributed by atoms with Crippen molar-refractivity contribution < 1.29 is 23.5 Å². The summed E-state index contributed by atoms with van der Waals surface area (Å²) in [4.78, 5) is 36.5. The molecule has 0 spiro atoms. The lowest BCUT2D eigenvalue weighted by Gasteiger charge is -2.21. The van der Waals surface area contributed by atoms with E-state index in [1.165, 1.54) is 5.56 Å². The van der Waals surface area contributed by atoms with E-state index in [1.54, 1.807) is 13.0 Å². The second-order valence-corrected chi connectivity index (χ2v) is 8.79. The Kier molecular flexibility index (Phi) is 5.60. The molecule has 1 amide bonds. The van der Waals surface area contributed by atoms with E-state index in [4.69, 9.17) is 8.83 Å². The molecule has 0 saturated heterocycles. The Morgan fingerprint density at radius 1 is 1.10 bits per heavy atom. The molecule has 1 N–H and O–H groups in total. The molecular formula is C24H26NO6-. The highest BCUT2D eigenvalue weighted by Gasteiger charge is 2.22. The molecule has 0 unspecified atom stereocenters. The van der Waals surface area contributed by atoms with E-state index in [2.05, 4.69) is 5.32 Å². The number of benzene rings is 1. The summed E-state index contributed by atoms with van der Waals surface area (Å²) in [5, 5.41) is 15.6. The Balaban J connectivity index is 1.69. The van der Waals surface area contributed by atoms with Crippen molar-refractivity contribution in [3.8, 4) is 0 Å². The third kappa shape index (κ3) is 4.09. The van der Waals surface area contributed by atoms with Crippen molar-refractivity contribution in [3.05, 3.63) is 45.0 Å². The van der Waals surface area contributed by atoms with Crippen LogP contribution in [0.15, 0.2) is 25.8 Å². The lowest BCUT2D eigenvalue weighted by Crippen LogP contribution is -2.49. The number of nitrogens with one attached hydrogen (secondary N) is 1. The van der Waals surface area contributed by atoms with Crippen LogP contribution in [-0.2, 0) is 28.9 Å². The number of fused-ring (bicyclic) bond motifs is 4. The van der Waals surface area contributed by atoms with E-state index in [1.807, 2.05) is 19.9 Å². The molecule has 1 aliphatic rings. The van der Waals surface area contributed by atoms with Crippen molar-refractivity contribution in [1.29, 1.82) is 0 Å². The van der Waals surface area contributed by atoms with Gasteiger partial charge in [0.25, 0.3) is 0 Å². The van der Waals surface area contributed by atoms with Crippen LogP contribution in [0.3, 0.4) is 0 Å². The average Bonchev–Trinajstić information content (AvgIpc) is 3.06. The third-order valence-corrected chi connectivity index (χ3v) is 6.03. The van der Waals surface area contributed by atoms with Gasteiger partial charge in [0.2, 0.25) is 5.91 Å². The normalized spacial score (nSPS) is 14.7. The van der Waals surface area contributed by atoms with Crippen LogP contribution >= 0.6 is 0 Å². The first kappa shape index (κ1) is 21.2. The molecule has 4 rings (SSSR count). The smallest absolute Gasteiger partial charge is 0.340 e. The Bertz CT molecular complexity index is 1230. The second kappa shape index (κ2) is 8.21. The molecule has 7 nitrogen and oxygen atoms in total. The molecule has 0 fully saturated rings. The monoisotopic (exact) mass is 424 g/mol. The van der Waals surface area contributed by atoms with Gasteiger partial charge in [0.15, 0.2) is 0 Å². The van der Waals surface area contributed by atoms with Gasteiger partial charge in [0.05, 0.1) is 24.0 Å². The van der Waals surface area contributed by atoms with Gasteiger partial charge in [-0.15, -0.1) is 0 Å². The lowest BCUT2D eigenvalue weighted by atomic mass is 9.94. The van der Waals surface area contributed by atoms with Crippen molar-refractivity contribution in [2.75, 3.05) is 0 Å². The molecule has 0 radical (unpaired) electrons. The number of carboxylic acids is 1. The second-order valence-electron chi connectivity index (χ2n) is 8.79. The van der Waals surface area contributed by atoms with Crippen molar-refractivity contribution in [2.45, 2.75) is 65.3 Å². The first-order chi connectivity index (χ1) is 14.7. The molecular weight excluding hydrogens is 398 g/mol. The zero-order valence-electron chi connectivity index (χ0n) is 18.0.